The number of hydrogen-bond donors (Lipinski definition) is 8. The normalized spacial score (nSPS) is 53.6. The zero-order chi connectivity index (χ0) is 26.2. The van der Waals surface area contributed by atoms with Crippen molar-refractivity contribution in [1.29, 1.82) is 0 Å². The first kappa shape index (κ1) is 33.7. The van der Waals surface area contributed by atoms with Gasteiger partial charge in [0.1, 0.15) is 0 Å². The van der Waals surface area contributed by atoms with Crippen molar-refractivity contribution in [3.8, 4) is 0 Å². The summed E-state index contributed by atoms with van der Waals surface area (Å²) in [7, 11) is 0. The molecule has 43 heavy (non-hydrogen) atoms. The van der Waals surface area contributed by atoms with Crippen LogP contribution in [-0.2, 0) is 0 Å². The molecule has 11 heteroatoms. The van der Waals surface area contributed by atoms with E-state index >= 15 is 0 Å². The predicted octanol–water partition coefficient (Wildman–Crippen LogP) is -3.77. The van der Waals surface area contributed by atoms with E-state index in [1.54, 1.807) is 0 Å². The van der Waals surface area contributed by atoms with Gasteiger partial charge in [-0.25, -0.2) is 0 Å². The van der Waals surface area contributed by atoms with E-state index in [2.05, 4.69) is 42.5 Å². The first-order chi connectivity index (χ1) is 19.8. The topological polar surface area (TPSA) is 96.2 Å². The number of fused-ring (bicyclic) bond motifs is 20. The van der Waals surface area contributed by atoms with Crippen LogP contribution in [-0.4, -0.2) is 66.9 Å². The third kappa shape index (κ3) is 6.02. The Morgan fingerprint density at radius 2 is 0.349 bits per heavy atom. The van der Waals surface area contributed by atoms with Crippen molar-refractivity contribution < 1.29 is 24.8 Å². The second kappa shape index (κ2) is 14.1. The largest absolute Gasteiger partial charge is 1.00 e. The van der Waals surface area contributed by atoms with Crippen molar-refractivity contribution in [1.82, 2.24) is 42.5 Å². The maximum absolute atomic E-state index is 4.26. The van der Waals surface area contributed by atoms with Gasteiger partial charge in [0.15, 0.2) is 0 Å². The van der Waals surface area contributed by atoms with Crippen LogP contribution < -0.4 is 67.3 Å². The molecule has 9 rings (SSSR count). The van der Waals surface area contributed by atoms with Gasteiger partial charge in [-0.3, -0.25) is 42.5 Å². The molecule has 8 nitrogen and oxygen atoms in total. The molecule has 8 atom stereocenters. The molecule has 0 amide bonds. The SMILES string of the molecule is C1CCC2C3NC(NC4NC(NC5NC(NC6NC(N3)C3CCCCC63)C3CCCCC53)C3CCCCC43)C2C1.[Cl-].[Cl-].[Ge]. The summed E-state index contributed by atoms with van der Waals surface area (Å²) in [6.45, 7) is 0. The second-order valence-corrected chi connectivity index (χ2v) is 15.6. The van der Waals surface area contributed by atoms with Crippen LogP contribution in [0.15, 0.2) is 0 Å². The van der Waals surface area contributed by atoms with E-state index in [0.717, 1.165) is 47.3 Å². The Kier molecular flexibility index (Phi) is 11.1. The first-order valence-electron chi connectivity index (χ1n) is 17.9. The van der Waals surface area contributed by atoms with E-state index in [-0.39, 0.29) is 42.4 Å². The summed E-state index contributed by atoms with van der Waals surface area (Å²) >= 11 is 0. The number of halogens is 2. The molecule has 9 aliphatic rings. The van der Waals surface area contributed by atoms with Gasteiger partial charge in [-0.05, 0) is 98.7 Å². The van der Waals surface area contributed by atoms with Gasteiger partial charge in [0.25, 0.3) is 0 Å². The molecule has 0 spiro atoms. The third-order valence-electron chi connectivity index (χ3n) is 13.8. The summed E-state index contributed by atoms with van der Waals surface area (Å²) in [6, 6.07) is 0. The van der Waals surface area contributed by atoms with E-state index in [1.165, 1.54) is 103 Å². The van der Waals surface area contributed by atoms with Gasteiger partial charge in [0.05, 0.1) is 49.3 Å². The molecule has 5 saturated heterocycles. The molecular weight excluding hydrogens is 640 g/mol. The second-order valence-electron chi connectivity index (χ2n) is 15.6. The van der Waals surface area contributed by atoms with Crippen molar-refractivity contribution >= 4 is 17.6 Å². The summed E-state index contributed by atoms with van der Waals surface area (Å²) in [5, 5.41) is 33.8. The van der Waals surface area contributed by atoms with Crippen LogP contribution in [0.2, 0.25) is 0 Å². The third-order valence-corrected chi connectivity index (χ3v) is 13.8. The average molecular weight is 696 g/mol. The fourth-order valence-corrected chi connectivity index (χ4v) is 12.0. The fourth-order valence-electron chi connectivity index (χ4n) is 12.0. The zero-order valence-corrected chi connectivity index (χ0v) is 29.4. The standard InChI is InChI=1S/C32H56N8.2ClH.Ge/c1-2-10-18-17(9-1)25-33-26(18)38-28-21-13-5-6-14-22(21)30(35-28)40-32-24-16-8-7-15-23(24)31(36-32)39-29-20-12-4-3-11-19(20)27(34-29)37-25;;;/h17-40H,1-16H2;2*1H;/p-2. The van der Waals surface area contributed by atoms with Crippen LogP contribution in [0.3, 0.4) is 0 Å². The van der Waals surface area contributed by atoms with E-state index < -0.39 is 0 Å². The van der Waals surface area contributed by atoms with Crippen molar-refractivity contribution in [2.75, 3.05) is 0 Å². The van der Waals surface area contributed by atoms with Crippen LogP contribution in [0.1, 0.15) is 103 Å². The van der Waals surface area contributed by atoms with Crippen molar-refractivity contribution in [2.45, 2.75) is 152 Å². The van der Waals surface area contributed by atoms with Gasteiger partial charge >= 0.3 is 0 Å². The Balaban J connectivity index is 0.00000110. The average Bonchev–Trinajstić information content (AvgIpc) is 3.73. The summed E-state index contributed by atoms with van der Waals surface area (Å²) in [6.07, 6.45) is 25.6. The quantitative estimate of drug-likeness (QED) is 0.123. The molecule has 8 N–H and O–H groups in total. The molecule has 5 aliphatic heterocycles. The fraction of sp³-hybridized carbons (Fsp3) is 1.00. The van der Waals surface area contributed by atoms with Crippen LogP contribution in [0.25, 0.3) is 0 Å². The van der Waals surface area contributed by atoms with Crippen LogP contribution in [0.4, 0.5) is 0 Å². The minimum absolute atomic E-state index is 0. The monoisotopic (exact) mass is 696 g/mol. The van der Waals surface area contributed by atoms with E-state index in [0.29, 0.717) is 49.3 Å². The Bertz CT molecular complexity index is 728. The molecule has 8 bridgehead atoms. The van der Waals surface area contributed by atoms with Gasteiger partial charge in [0, 0.05) is 17.6 Å². The van der Waals surface area contributed by atoms with E-state index in [9.17, 15) is 0 Å². The molecule has 5 heterocycles. The molecule has 0 aromatic heterocycles. The van der Waals surface area contributed by atoms with Crippen LogP contribution >= 0.6 is 0 Å². The summed E-state index contributed by atoms with van der Waals surface area (Å²) in [5.41, 5.74) is 0. The number of rotatable bonds is 0. The van der Waals surface area contributed by atoms with Gasteiger partial charge in [-0.2, -0.15) is 0 Å². The minimum Gasteiger partial charge on any atom is -1.00 e. The van der Waals surface area contributed by atoms with Crippen molar-refractivity contribution in [3.05, 3.63) is 0 Å². The molecule has 9 fully saturated rings. The predicted molar refractivity (Wildman–Crippen MR) is 163 cm³/mol. The van der Waals surface area contributed by atoms with Gasteiger partial charge in [-0.1, -0.05) is 51.4 Å². The zero-order valence-electron chi connectivity index (χ0n) is 25.8. The number of hydrogen-bond acceptors (Lipinski definition) is 8. The van der Waals surface area contributed by atoms with Gasteiger partial charge in [0.2, 0.25) is 0 Å². The Morgan fingerprint density at radius 3 is 0.465 bits per heavy atom. The van der Waals surface area contributed by atoms with Crippen molar-refractivity contribution in [3.63, 3.8) is 0 Å². The minimum atomic E-state index is 0. The molecule has 244 valence electrons. The van der Waals surface area contributed by atoms with E-state index in [1.807, 2.05) is 0 Å². The molecule has 0 aromatic carbocycles. The molecule has 4 aliphatic carbocycles. The molecule has 4 saturated carbocycles. The van der Waals surface area contributed by atoms with Crippen molar-refractivity contribution in [2.24, 2.45) is 47.3 Å². The van der Waals surface area contributed by atoms with Crippen LogP contribution in [0.5, 0.6) is 0 Å². The molecule has 8 unspecified atom stereocenters. The van der Waals surface area contributed by atoms with Gasteiger partial charge < -0.3 is 24.8 Å². The summed E-state index contributed by atoms with van der Waals surface area (Å²) in [5.74, 6) is 5.97. The Morgan fingerprint density at radius 1 is 0.233 bits per heavy atom. The van der Waals surface area contributed by atoms with E-state index in [4.69, 9.17) is 0 Å². The summed E-state index contributed by atoms with van der Waals surface area (Å²) in [4.78, 5) is 0. The Hall–Kier alpha value is 0.803. The van der Waals surface area contributed by atoms with Crippen LogP contribution in [0, 0.1) is 47.3 Å². The maximum atomic E-state index is 4.26. The first-order valence-corrected chi connectivity index (χ1v) is 17.9. The molecule has 4 radical (unpaired) electrons. The summed E-state index contributed by atoms with van der Waals surface area (Å²) < 4.78 is 0. The smallest absolute Gasteiger partial charge is 0.0628 e. The molecule has 0 aromatic rings. The maximum Gasteiger partial charge on any atom is 0.0628 e. The Labute approximate surface area is 283 Å². The van der Waals surface area contributed by atoms with Gasteiger partial charge in [-0.15, -0.1) is 0 Å². The number of nitrogens with one attached hydrogen (secondary N) is 8. The molecular formula is C32H56Cl2GeN8-2.